The maximum atomic E-state index is 7.18. The van der Waals surface area contributed by atoms with Crippen LogP contribution in [0.5, 0.6) is 0 Å². The van der Waals surface area contributed by atoms with E-state index in [4.69, 9.17) is 4.12 Å². The van der Waals surface area contributed by atoms with Crippen molar-refractivity contribution in [3.8, 4) is 0 Å². The Bertz CT molecular complexity index is 403. The molecule has 27 heavy (non-hydrogen) atoms. The zero-order valence-corrected chi connectivity index (χ0v) is 25.5. The van der Waals surface area contributed by atoms with Crippen molar-refractivity contribution in [1.29, 1.82) is 0 Å². The van der Waals surface area contributed by atoms with Gasteiger partial charge in [-0.05, 0) is 58.4 Å². The van der Waals surface area contributed by atoms with E-state index in [-0.39, 0.29) is 15.8 Å². The lowest BCUT2D eigenvalue weighted by atomic mass is 10.2. The van der Waals surface area contributed by atoms with Crippen LogP contribution in [0.3, 0.4) is 0 Å². The maximum absolute atomic E-state index is 7.18. The Morgan fingerprint density at radius 2 is 0.667 bits per heavy atom. The van der Waals surface area contributed by atoms with Crippen molar-refractivity contribution in [3.63, 3.8) is 0 Å². The highest BCUT2D eigenvalue weighted by molar-refractivity contribution is 7.64. The Morgan fingerprint density at radius 3 is 0.815 bits per heavy atom. The van der Waals surface area contributed by atoms with Gasteiger partial charge in [-0.1, -0.05) is 98.9 Å². The molecule has 0 heterocycles. The summed E-state index contributed by atoms with van der Waals surface area (Å²) < 4.78 is 7.18. The quantitative estimate of drug-likeness (QED) is 0.290. The van der Waals surface area contributed by atoms with Gasteiger partial charge in [0.15, 0.2) is 16.6 Å². The standard InChI is InChI=1S/C22H52OP2Si2/c1-19(2,3)24(20(4,5)6)17-26(13,14)23-27(15,16)18-25(21(7,8)9)22(10,11)12/h17-18H2,1-16H3. The van der Waals surface area contributed by atoms with Crippen molar-refractivity contribution >= 4 is 32.5 Å². The van der Waals surface area contributed by atoms with E-state index < -0.39 is 16.6 Å². The largest absolute Gasteiger partial charge is 0.455 e. The van der Waals surface area contributed by atoms with Crippen molar-refractivity contribution in [2.75, 3.05) is 11.6 Å². The Morgan fingerprint density at radius 1 is 0.481 bits per heavy atom. The monoisotopic (exact) mass is 450 g/mol. The molecule has 0 amide bonds. The summed E-state index contributed by atoms with van der Waals surface area (Å²) in [5.74, 6) is 2.66. The van der Waals surface area contributed by atoms with Gasteiger partial charge in [-0.25, -0.2) is 0 Å². The van der Waals surface area contributed by atoms with Gasteiger partial charge < -0.3 is 4.12 Å². The third kappa shape index (κ3) is 10.2. The molecule has 0 aliphatic heterocycles. The smallest absolute Gasteiger partial charge is 0.177 e. The lowest BCUT2D eigenvalue weighted by Crippen LogP contribution is -2.51. The molecule has 0 aromatic rings. The molecule has 0 aromatic heterocycles. The second kappa shape index (κ2) is 8.78. The first-order valence-corrected chi connectivity index (χ1v) is 19.9. The van der Waals surface area contributed by atoms with E-state index in [0.29, 0.717) is 20.6 Å². The van der Waals surface area contributed by atoms with E-state index in [0.717, 1.165) is 0 Å². The van der Waals surface area contributed by atoms with Crippen LogP contribution in [0.4, 0.5) is 0 Å². The minimum atomic E-state index is -1.71. The van der Waals surface area contributed by atoms with Gasteiger partial charge in [0.25, 0.3) is 0 Å². The fourth-order valence-electron chi connectivity index (χ4n) is 4.54. The summed E-state index contributed by atoms with van der Waals surface area (Å²) in [6, 6.07) is 0. The molecule has 0 saturated carbocycles. The summed E-state index contributed by atoms with van der Waals surface area (Å²) in [6.45, 7) is 39.2. The van der Waals surface area contributed by atoms with Crippen molar-refractivity contribution in [2.45, 2.75) is 130 Å². The molecule has 0 aromatic carbocycles. The molecular weight excluding hydrogens is 398 g/mol. The van der Waals surface area contributed by atoms with E-state index in [1.807, 2.05) is 0 Å². The van der Waals surface area contributed by atoms with Crippen LogP contribution in [0.1, 0.15) is 83.1 Å². The molecule has 1 nitrogen and oxygen atoms in total. The first-order valence-electron chi connectivity index (χ1n) is 10.6. The molecule has 0 bridgehead atoms. The molecule has 0 unspecified atom stereocenters. The Labute approximate surface area is 178 Å². The normalized spacial score (nSPS) is 15.8. The highest BCUT2D eigenvalue weighted by Crippen LogP contribution is 2.62. The third-order valence-electron chi connectivity index (χ3n) is 4.87. The molecule has 0 aliphatic carbocycles. The van der Waals surface area contributed by atoms with Gasteiger partial charge >= 0.3 is 0 Å². The average Bonchev–Trinajstić information content (AvgIpc) is 2.26. The van der Waals surface area contributed by atoms with E-state index >= 15 is 0 Å². The Balaban J connectivity index is 5.51. The molecule has 0 atom stereocenters. The van der Waals surface area contributed by atoms with Gasteiger partial charge in [-0.15, -0.1) is 0 Å². The van der Waals surface area contributed by atoms with Crippen LogP contribution in [0.25, 0.3) is 0 Å². The predicted octanol–water partition coefficient (Wildman–Crippen LogP) is 8.65. The summed E-state index contributed by atoms with van der Waals surface area (Å²) >= 11 is 0. The van der Waals surface area contributed by atoms with Crippen LogP contribution in [0.15, 0.2) is 0 Å². The second-order valence-electron chi connectivity index (χ2n) is 13.5. The summed E-state index contributed by atoms with van der Waals surface area (Å²) in [6.07, 6.45) is 0. The van der Waals surface area contributed by atoms with Crippen molar-refractivity contribution < 1.29 is 4.12 Å². The topological polar surface area (TPSA) is 9.23 Å². The highest BCUT2D eigenvalue weighted by atomic mass is 31.1. The maximum Gasteiger partial charge on any atom is 0.177 e. The fraction of sp³-hybridized carbons (Fsp3) is 1.00. The fourth-order valence-corrected chi connectivity index (χ4v) is 29.9. The van der Waals surface area contributed by atoms with Crippen molar-refractivity contribution in [2.24, 2.45) is 0 Å². The summed E-state index contributed by atoms with van der Waals surface area (Å²) in [5, 5.41) is 1.54. The highest BCUT2D eigenvalue weighted by Gasteiger charge is 2.45. The molecule has 0 radical (unpaired) electrons. The first-order chi connectivity index (χ1) is 11.4. The van der Waals surface area contributed by atoms with Gasteiger partial charge in [0.05, 0.1) is 0 Å². The molecule has 0 spiro atoms. The van der Waals surface area contributed by atoms with Crippen LogP contribution in [0.2, 0.25) is 26.2 Å². The summed E-state index contributed by atoms with van der Waals surface area (Å²) in [7, 11) is -3.58. The molecule has 0 N–H and O–H groups in total. The molecular formula is C22H52OP2Si2. The van der Waals surface area contributed by atoms with Crippen LogP contribution >= 0.6 is 15.8 Å². The number of hydrogen-bond acceptors (Lipinski definition) is 1. The SMILES string of the molecule is CC(C)(C)P(C[Si](C)(C)O[Si](C)(C)CP(C(C)(C)C)C(C)(C)C)C(C)(C)C. The molecule has 0 rings (SSSR count). The molecule has 0 saturated heterocycles. The van der Waals surface area contributed by atoms with Gasteiger partial charge in [-0.3, -0.25) is 0 Å². The van der Waals surface area contributed by atoms with Crippen LogP contribution < -0.4 is 0 Å². The minimum Gasteiger partial charge on any atom is -0.455 e. The molecule has 0 aliphatic rings. The molecule has 5 heteroatoms. The lowest BCUT2D eigenvalue weighted by Gasteiger charge is -2.48. The summed E-state index contributed by atoms with van der Waals surface area (Å²) in [5.41, 5.74) is 0. The third-order valence-corrected chi connectivity index (χ3v) is 24.4. The van der Waals surface area contributed by atoms with E-state index in [2.05, 4.69) is 109 Å². The number of rotatable bonds is 6. The molecule has 164 valence electrons. The van der Waals surface area contributed by atoms with Crippen molar-refractivity contribution in [3.05, 3.63) is 0 Å². The average molecular weight is 451 g/mol. The van der Waals surface area contributed by atoms with E-state index in [1.54, 1.807) is 0 Å². The predicted molar refractivity (Wildman–Crippen MR) is 139 cm³/mol. The lowest BCUT2D eigenvalue weighted by molar-refractivity contribution is 0.552. The van der Waals surface area contributed by atoms with Gasteiger partial charge in [0.2, 0.25) is 0 Å². The van der Waals surface area contributed by atoms with Crippen LogP contribution in [-0.4, -0.2) is 48.8 Å². The van der Waals surface area contributed by atoms with Crippen molar-refractivity contribution in [1.82, 2.24) is 0 Å². The zero-order valence-electron chi connectivity index (χ0n) is 21.7. The minimum absolute atomic E-state index is 0.0850. The van der Waals surface area contributed by atoms with Crippen LogP contribution in [-0.2, 0) is 4.12 Å². The van der Waals surface area contributed by atoms with Gasteiger partial charge in [-0.2, -0.15) is 0 Å². The first kappa shape index (κ1) is 28.3. The molecule has 0 fully saturated rings. The van der Waals surface area contributed by atoms with E-state index in [9.17, 15) is 0 Å². The Hall–Kier alpha value is 1.25. The summed E-state index contributed by atoms with van der Waals surface area (Å²) in [4.78, 5) is 0. The van der Waals surface area contributed by atoms with Gasteiger partial charge in [0, 0.05) is 0 Å². The van der Waals surface area contributed by atoms with E-state index in [1.165, 1.54) is 11.6 Å². The van der Waals surface area contributed by atoms with Gasteiger partial charge in [0.1, 0.15) is 0 Å². The zero-order chi connectivity index (χ0) is 22.3. The second-order valence-corrected chi connectivity index (χ2v) is 30.9. The Kier molecular flexibility index (Phi) is 9.19. The number of hydrogen-bond donors (Lipinski definition) is 0. The van der Waals surface area contributed by atoms with Crippen LogP contribution in [0, 0.1) is 0 Å².